The second-order valence-electron chi connectivity index (χ2n) is 5.92. The van der Waals surface area contributed by atoms with Gasteiger partial charge in [-0.3, -0.25) is 14.9 Å². The Morgan fingerprint density at radius 3 is 2.57 bits per heavy atom. The van der Waals surface area contributed by atoms with E-state index in [2.05, 4.69) is 5.32 Å². The number of carbonyl (C=O) groups is 1. The van der Waals surface area contributed by atoms with Crippen LogP contribution in [0.4, 0.5) is 5.69 Å². The molecule has 2 atom stereocenters. The van der Waals surface area contributed by atoms with Gasteiger partial charge in [-0.25, -0.2) is 0 Å². The van der Waals surface area contributed by atoms with Gasteiger partial charge < -0.3 is 10.2 Å². The van der Waals surface area contributed by atoms with Crippen LogP contribution >= 0.6 is 0 Å². The van der Waals surface area contributed by atoms with Crippen molar-refractivity contribution in [2.75, 3.05) is 6.54 Å². The van der Waals surface area contributed by atoms with Gasteiger partial charge in [0.1, 0.15) is 0 Å². The van der Waals surface area contributed by atoms with E-state index in [0.29, 0.717) is 12.5 Å². The molecule has 1 heterocycles. The van der Waals surface area contributed by atoms with Gasteiger partial charge in [0.05, 0.1) is 4.92 Å². The number of hydrogen-bond acceptors (Lipinski definition) is 4. The van der Waals surface area contributed by atoms with Gasteiger partial charge in [-0.15, -0.1) is 0 Å². The molecule has 1 N–H and O–H groups in total. The number of amides is 1. The number of likely N-dealkylation sites (tertiary alicyclic amines) is 1. The van der Waals surface area contributed by atoms with Crippen LogP contribution in [0.1, 0.15) is 37.8 Å². The Morgan fingerprint density at radius 2 is 2.00 bits per heavy atom. The molecule has 3 rings (SSSR count). The van der Waals surface area contributed by atoms with Crippen LogP contribution in [0, 0.1) is 10.1 Å². The lowest BCUT2D eigenvalue weighted by Crippen LogP contribution is -2.35. The molecule has 1 aromatic rings. The zero-order valence-corrected chi connectivity index (χ0v) is 12.0. The average Bonchev–Trinajstić information content (AvgIpc) is 3.23. The van der Waals surface area contributed by atoms with Crippen molar-refractivity contribution < 1.29 is 9.72 Å². The standard InChI is InChI=1S/C15H19N3O3/c1-10(11-2-4-14(5-3-11)18(20)21)16-12-8-15(19)17(9-12)13-6-7-13/h2-5,10,12-13,16H,6-9H2,1H3/t10-,12+/m0/s1. The molecular formula is C15H19N3O3. The SMILES string of the molecule is C[C@H](N[C@@H]1CC(=O)N(C2CC2)C1)c1ccc([N+](=O)[O-])cc1. The monoisotopic (exact) mass is 289 g/mol. The molecule has 0 unspecified atom stereocenters. The third kappa shape index (κ3) is 3.05. The van der Waals surface area contributed by atoms with Crippen LogP contribution in [0.2, 0.25) is 0 Å². The Labute approximate surface area is 123 Å². The fourth-order valence-corrected chi connectivity index (χ4v) is 2.92. The fraction of sp³-hybridized carbons (Fsp3) is 0.533. The summed E-state index contributed by atoms with van der Waals surface area (Å²) in [5.41, 5.74) is 1.10. The zero-order valence-electron chi connectivity index (χ0n) is 12.0. The van der Waals surface area contributed by atoms with E-state index in [4.69, 9.17) is 0 Å². The quantitative estimate of drug-likeness (QED) is 0.664. The van der Waals surface area contributed by atoms with E-state index in [1.165, 1.54) is 12.1 Å². The Bertz CT molecular complexity index is 554. The molecule has 112 valence electrons. The third-order valence-corrected chi connectivity index (χ3v) is 4.24. The van der Waals surface area contributed by atoms with Crippen molar-refractivity contribution in [2.45, 2.75) is 44.3 Å². The minimum Gasteiger partial charge on any atom is -0.338 e. The van der Waals surface area contributed by atoms with Crippen molar-refractivity contribution in [3.63, 3.8) is 0 Å². The molecule has 1 amide bonds. The predicted octanol–water partition coefficient (Wildman–Crippen LogP) is 2.01. The molecule has 1 aliphatic heterocycles. The summed E-state index contributed by atoms with van der Waals surface area (Å²) in [6.45, 7) is 2.80. The Morgan fingerprint density at radius 1 is 1.33 bits per heavy atom. The lowest BCUT2D eigenvalue weighted by molar-refractivity contribution is -0.384. The summed E-state index contributed by atoms with van der Waals surface area (Å²) in [5, 5.41) is 14.1. The number of rotatable bonds is 5. The topological polar surface area (TPSA) is 75.5 Å². The lowest BCUT2D eigenvalue weighted by atomic mass is 10.1. The maximum Gasteiger partial charge on any atom is 0.269 e. The number of nitro benzene ring substituents is 1. The first-order valence-electron chi connectivity index (χ1n) is 7.34. The fourth-order valence-electron chi connectivity index (χ4n) is 2.92. The first kappa shape index (κ1) is 14.0. The summed E-state index contributed by atoms with van der Waals surface area (Å²) in [4.78, 5) is 24.2. The van der Waals surface area contributed by atoms with Crippen molar-refractivity contribution in [3.05, 3.63) is 39.9 Å². The molecule has 0 aromatic heterocycles. The Hall–Kier alpha value is -1.95. The maximum atomic E-state index is 11.9. The molecule has 1 saturated heterocycles. The first-order chi connectivity index (χ1) is 10.0. The number of hydrogen-bond donors (Lipinski definition) is 1. The minimum atomic E-state index is -0.398. The molecule has 6 heteroatoms. The van der Waals surface area contributed by atoms with Crippen LogP contribution < -0.4 is 5.32 Å². The molecule has 0 bridgehead atoms. The van der Waals surface area contributed by atoms with E-state index in [-0.39, 0.29) is 23.7 Å². The molecule has 21 heavy (non-hydrogen) atoms. The number of nitro groups is 1. The summed E-state index contributed by atoms with van der Waals surface area (Å²) in [5.74, 6) is 0.242. The van der Waals surface area contributed by atoms with Gasteiger partial charge in [0.2, 0.25) is 5.91 Å². The predicted molar refractivity (Wildman–Crippen MR) is 77.8 cm³/mol. The highest BCUT2D eigenvalue weighted by Gasteiger charge is 2.39. The van der Waals surface area contributed by atoms with Crippen molar-refractivity contribution in [1.29, 1.82) is 0 Å². The second-order valence-corrected chi connectivity index (χ2v) is 5.92. The maximum absolute atomic E-state index is 11.9. The van der Waals surface area contributed by atoms with Gasteiger partial charge >= 0.3 is 0 Å². The normalized spacial score (nSPS) is 23.4. The van der Waals surface area contributed by atoms with Crippen molar-refractivity contribution in [1.82, 2.24) is 10.2 Å². The van der Waals surface area contributed by atoms with Crippen LogP contribution in [-0.2, 0) is 4.79 Å². The van der Waals surface area contributed by atoms with E-state index in [1.54, 1.807) is 12.1 Å². The molecular weight excluding hydrogens is 270 g/mol. The van der Waals surface area contributed by atoms with Gasteiger partial charge in [0, 0.05) is 43.2 Å². The second kappa shape index (κ2) is 5.44. The average molecular weight is 289 g/mol. The number of carbonyl (C=O) groups excluding carboxylic acids is 1. The molecule has 0 radical (unpaired) electrons. The molecule has 2 aliphatic rings. The molecule has 1 saturated carbocycles. The summed E-state index contributed by atoms with van der Waals surface area (Å²) in [6.07, 6.45) is 2.82. The van der Waals surface area contributed by atoms with Crippen LogP contribution in [0.3, 0.4) is 0 Å². The number of nitrogens with zero attached hydrogens (tertiary/aromatic N) is 2. The van der Waals surface area contributed by atoms with Crippen LogP contribution in [0.25, 0.3) is 0 Å². The third-order valence-electron chi connectivity index (χ3n) is 4.24. The van der Waals surface area contributed by atoms with Crippen molar-refractivity contribution in [2.24, 2.45) is 0 Å². The molecule has 1 aliphatic carbocycles. The van der Waals surface area contributed by atoms with E-state index < -0.39 is 4.92 Å². The van der Waals surface area contributed by atoms with Crippen LogP contribution in [-0.4, -0.2) is 34.4 Å². The summed E-state index contributed by atoms with van der Waals surface area (Å²) in [7, 11) is 0. The minimum absolute atomic E-state index is 0.0720. The van der Waals surface area contributed by atoms with E-state index in [1.807, 2.05) is 11.8 Å². The highest BCUT2D eigenvalue weighted by molar-refractivity contribution is 5.80. The summed E-state index contributed by atoms with van der Waals surface area (Å²) >= 11 is 0. The van der Waals surface area contributed by atoms with Crippen molar-refractivity contribution in [3.8, 4) is 0 Å². The summed E-state index contributed by atoms with van der Waals surface area (Å²) in [6, 6.07) is 7.29. The van der Waals surface area contributed by atoms with Gasteiger partial charge in [0.25, 0.3) is 5.69 Å². The van der Waals surface area contributed by atoms with Gasteiger partial charge in [-0.1, -0.05) is 12.1 Å². The number of benzene rings is 1. The highest BCUT2D eigenvalue weighted by Crippen LogP contribution is 2.31. The van der Waals surface area contributed by atoms with Gasteiger partial charge in [0.15, 0.2) is 0 Å². The van der Waals surface area contributed by atoms with E-state index in [0.717, 1.165) is 24.9 Å². The van der Waals surface area contributed by atoms with Gasteiger partial charge in [-0.05, 0) is 25.3 Å². The molecule has 0 spiro atoms. The summed E-state index contributed by atoms with van der Waals surface area (Å²) < 4.78 is 0. The zero-order chi connectivity index (χ0) is 15.0. The largest absolute Gasteiger partial charge is 0.338 e. The molecule has 6 nitrogen and oxygen atoms in total. The smallest absolute Gasteiger partial charge is 0.269 e. The lowest BCUT2D eigenvalue weighted by Gasteiger charge is -2.20. The molecule has 1 aromatic carbocycles. The Kier molecular flexibility index (Phi) is 3.63. The van der Waals surface area contributed by atoms with E-state index in [9.17, 15) is 14.9 Å². The highest BCUT2D eigenvalue weighted by atomic mass is 16.6. The van der Waals surface area contributed by atoms with Crippen LogP contribution in [0.5, 0.6) is 0 Å². The number of non-ortho nitro benzene ring substituents is 1. The van der Waals surface area contributed by atoms with Gasteiger partial charge in [-0.2, -0.15) is 0 Å². The number of nitrogens with one attached hydrogen (secondary N) is 1. The van der Waals surface area contributed by atoms with E-state index >= 15 is 0 Å². The Balaban J connectivity index is 1.59. The first-order valence-corrected chi connectivity index (χ1v) is 7.34. The molecule has 2 fully saturated rings. The van der Waals surface area contributed by atoms with Crippen molar-refractivity contribution >= 4 is 11.6 Å². The van der Waals surface area contributed by atoms with Crippen LogP contribution in [0.15, 0.2) is 24.3 Å².